The first-order valence-corrected chi connectivity index (χ1v) is 6.20. The summed E-state index contributed by atoms with van der Waals surface area (Å²) in [6.45, 7) is 2.02. The average Bonchev–Trinajstić information content (AvgIpc) is 2.78. The molecule has 0 unspecified atom stereocenters. The van der Waals surface area contributed by atoms with E-state index in [0.29, 0.717) is 5.56 Å². The van der Waals surface area contributed by atoms with Crippen LogP contribution in [0.1, 0.15) is 34.6 Å². The first-order valence-electron chi connectivity index (χ1n) is 6.20. The number of fused-ring (bicyclic) bond motifs is 1. The second-order valence-electron chi connectivity index (χ2n) is 4.94. The molecule has 0 aliphatic heterocycles. The fourth-order valence-corrected chi connectivity index (χ4v) is 2.87. The van der Waals surface area contributed by atoms with Crippen LogP contribution in [-0.4, -0.2) is 0 Å². The third kappa shape index (κ3) is 1.72. The highest BCUT2D eigenvalue weighted by Crippen LogP contribution is 2.40. The lowest BCUT2D eigenvalue weighted by Gasteiger charge is -2.14. The number of rotatable bonds is 1. The Morgan fingerprint density at radius 2 is 1.94 bits per heavy atom. The van der Waals surface area contributed by atoms with Gasteiger partial charge in [0.25, 0.3) is 0 Å². The lowest BCUT2D eigenvalue weighted by molar-refractivity contribution is 0.496. The van der Waals surface area contributed by atoms with Crippen LogP contribution in [0.5, 0.6) is 0 Å². The van der Waals surface area contributed by atoms with E-state index in [1.165, 1.54) is 6.07 Å². The monoisotopic (exact) mass is 244 g/mol. The summed E-state index contributed by atoms with van der Waals surface area (Å²) in [6.07, 6.45) is 1.68. The van der Waals surface area contributed by atoms with Gasteiger partial charge in [-0.25, -0.2) is 8.78 Å². The van der Waals surface area contributed by atoms with Crippen molar-refractivity contribution in [1.29, 1.82) is 0 Å². The van der Waals surface area contributed by atoms with Crippen molar-refractivity contribution in [3.8, 4) is 0 Å². The molecule has 0 spiro atoms. The van der Waals surface area contributed by atoms with Gasteiger partial charge in [0.2, 0.25) is 0 Å². The molecule has 0 amide bonds. The van der Waals surface area contributed by atoms with Gasteiger partial charge in [-0.15, -0.1) is 0 Å². The summed E-state index contributed by atoms with van der Waals surface area (Å²) >= 11 is 0. The summed E-state index contributed by atoms with van der Waals surface area (Å²) in [5.41, 5.74) is 3.73. The van der Waals surface area contributed by atoms with E-state index in [4.69, 9.17) is 0 Å². The third-order valence-corrected chi connectivity index (χ3v) is 3.72. The molecule has 2 aromatic carbocycles. The number of hydrogen-bond acceptors (Lipinski definition) is 0. The Balaban J connectivity index is 2.12. The lowest BCUT2D eigenvalue weighted by Crippen LogP contribution is -2.01. The summed E-state index contributed by atoms with van der Waals surface area (Å²) in [6, 6.07) is 11.0. The zero-order valence-corrected chi connectivity index (χ0v) is 10.2. The molecule has 1 atom stereocenters. The van der Waals surface area contributed by atoms with Gasteiger partial charge in [0.1, 0.15) is 0 Å². The SMILES string of the molecule is Cc1cccc([C@H]2CCc3ccc(F)c(F)c32)c1. The maximum atomic E-state index is 14.0. The molecular formula is C16H14F2. The van der Waals surface area contributed by atoms with Crippen LogP contribution in [0.2, 0.25) is 0 Å². The van der Waals surface area contributed by atoms with Gasteiger partial charge < -0.3 is 0 Å². The van der Waals surface area contributed by atoms with E-state index in [-0.39, 0.29) is 5.92 Å². The van der Waals surface area contributed by atoms with Gasteiger partial charge in [0, 0.05) is 11.5 Å². The second-order valence-corrected chi connectivity index (χ2v) is 4.94. The van der Waals surface area contributed by atoms with Crippen LogP contribution >= 0.6 is 0 Å². The van der Waals surface area contributed by atoms with E-state index in [1.807, 2.05) is 25.1 Å². The molecule has 0 N–H and O–H groups in total. The Kier molecular flexibility index (Phi) is 2.66. The molecule has 0 aromatic heterocycles. The average molecular weight is 244 g/mol. The molecular weight excluding hydrogens is 230 g/mol. The quantitative estimate of drug-likeness (QED) is 0.699. The molecule has 0 bridgehead atoms. The van der Waals surface area contributed by atoms with E-state index in [1.54, 1.807) is 6.07 Å². The van der Waals surface area contributed by atoms with Gasteiger partial charge in [-0.3, -0.25) is 0 Å². The summed E-state index contributed by atoms with van der Waals surface area (Å²) in [4.78, 5) is 0. The fourth-order valence-electron chi connectivity index (χ4n) is 2.87. The number of halogens is 2. The maximum Gasteiger partial charge on any atom is 0.162 e. The van der Waals surface area contributed by atoms with Gasteiger partial charge in [-0.2, -0.15) is 0 Å². The molecule has 2 aromatic rings. The Morgan fingerprint density at radius 3 is 2.72 bits per heavy atom. The molecule has 0 saturated heterocycles. The van der Waals surface area contributed by atoms with Crippen LogP contribution in [0, 0.1) is 18.6 Å². The summed E-state index contributed by atoms with van der Waals surface area (Å²) in [7, 11) is 0. The van der Waals surface area contributed by atoms with Gasteiger partial charge in [-0.05, 0) is 37.0 Å². The first kappa shape index (κ1) is 11.4. The molecule has 1 aliphatic rings. The van der Waals surface area contributed by atoms with Crippen molar-refractivity contribution in [2.75, 3.05) is 0 Å². The largest absolute Gasteiger partial charge is 0.204 e. The second kappa shape index (κ2) is 4.20. The first-order chi connectivity index (χ1) is 8.66. The Labute approximate surface area is 105 Å². The highest BCUT2D eigenvalue weighted by Gasteiger charge is 2.28. The molecule has 18 heavy (non-hydrogen) atoms. The van der Waals surface area contributed by atoms with Crippen molar-refractivity contribution >= 4 is 0 Å². The van der Waals surface area contributed by atoms with Crippen LogP contribution in [0.3, 0.4) is 0 Å². The van der Waals surface area contributed by atoms with Crippen LogP contribution < -0.4 is 0 Å². The van der Waals surface area contributed by atoms with E-state index < -0.39 is 11.6 Å². The number of benzene rings is 2. The Bertz CT molecular complexity index is 602. The smallest absolute Gasteiger partial charge is 0.162 e. The Hall–Kier alpha value is -1.70. The summed E-state index contributed by atoms with van der Waals surface area (Å²) in [5.74, 6) is -1.42. The van der Waals surface area contributed by atoms with Crippen molar-refractivity contribution in [2.24, 2.45) is 0 Å². The summed E-state index contributed by atoms with van der Waals surface area (Å²) in [5, 5.41) is 0. The molecule has 0 saturated carbocycles. The van der Waals surface area contributed by atoms with Gasteiger partial charge in [0.05, 0.1) is 0 Å². The van der Waals surface area contributed by atoms with Crippen molar-refractivity contribution in [3.05, 3.63) is 70.3 Å². The Morgan fingerprint density at radius 1 is 1.11 bits per heavy atom. The maximum absolute atomic E-state index is 14.0. The van der Waals surface area contributed by atoms with Crippen LogP contribution in [0.25, 0.3) is 0 Å². The van der Waals surface area contributed by atoms with Gasteiger partial charge in [0.15, 0.2) is 11.6 Å². The topological polar surface area (TPSA) is 0 Å². The van der Waals surface area contributed by atoms with E-state index in [0.717, 1.165) is 29.5 Å². The minimum absolute atomic E-state index is 0.00407. The highest BCUT2D eigenvalue weighted by atomic mass is 19.2. The predicted octanol–water partition coefficient (Wildman–Crippen LogP) is 4.35. The van der Waals surface area contributed by atoms with E-state index >= 15 is 0 Å². The van der Waals surface area contributed by atoms with Crippen LogP contribution in [0.15, 0.2) is 36.4 Å². The van der Waals surface area contributed by atoms with Gasteiger partial charge in [-0.1, -0.05) is 35.9 Å². The highest BCUT2D eigenvalue weighted by molar-refractivity contribution is 5.44. The van der Waals surface area contributed by atoms with Crippen molar-refractivity contribution in [2.45, 2.75) is 25.7 Å². The third-order valence-electron chi connectivity index (χ3n) is 3.72. The van der Waals surface area contributed by atoms with Gasteiger partial charge >= 0.3 is 0 Å². The van der Waals surface area contributed by atoms with Crippen LogP contribution in [-0.2, 0) is 6.42 Å². The zero-order chi connectivity index (χ0) is 12.7. The number of hydrogen-bond donors (Lipinski definition) is 0. The molecule has 0 heterocycles. The van der Waals surface area contributed by atoms with Crippen molar-refractivity contribution in [3.63, 3.8) is 0 Å². The minimum Gasteiger partial charge on any atom is -0.204 e. The summed E-state index contributed by atoms with van der Waals surface area (Å²) < 4.78 is 27.3. The van der Waals surface area contributed by atoms with Crippen molar-refractivity contribution in [1.82, 2.24) is 0 Å². The molecule has 92 valence electrons. The number of aryl methyl sites for hydroxylation is 2. The van der Waals surface area contributed by atoms with E-state index in [2.05, 4.69) is 6.07 Å². The molecule has 0 radical (unpaired) electrons. The molecule has 2 heteroatoms. The molecule has 1 aliphatic carbocycles. The lowest BCUT2D eigenvalue weighted by atomic mass is 9.91. The normalized spacial score (nSPS) is 17.8. The predicted molar refractivity (Wildman–Crippen MR) is 67.7 cm³/mol. The standard InChI is InChI=1S/C16H14F2/c1-10-3-2-4-12(9-10)13-7-5-11-6-8-14(17)16(18)15(11)13/h2-4,6,8-9,13H,5,7H2,1H3/t13-/m1/s1. The molecule has 3 rings (SSSR count). The minimum atomic E-state index is -0.742. The molecule has 0 nitrogen and oxygen atoms in total. The van der Waals surface area contributed by atoms with E-state index in [9.17, 15) is 8.78 Å². The van der Waals surface area contributed by atoms with Crippen LogP contribution in [0.4, 0.5) is 8.78 Å². The zero-order valence-electron chi connectivity index (χ0n) is 10.2. The molecule has 0 fully saturated rings. The fraction of sp³-hybridized carbons (Fsp3) is 0.250. The van der Waals surface area contributed by atoms with Crippen molar-refractivity contribution < 1.29 is 8.78 Å².